The Bertz CT molecular complexity index is 785. The molecule has 1 aliphatic heterocycles. The van der Waals surface area contributed by atoms with E-state index in [0.717, 1.165) is 25.2 Å². The predicted molar refractivity (Wildman–Crippen MR) is 98.1 cm³/mol. The highest BCUT2D eigenvalue weighted by Crippen LogP contribution is 2.20. The van der Waals surface area contributed by atoms with Crippen molar-refractivity contribution in [3.8, 4) is 0 Å². The second kappa shape index (κ2) is 8.24. The molecule has 0 spiro atoms. The number of piperazine rings is 1. The summed E-state index contributed by atoms with van der Waals surface area (Å²) in [5.41, 5.74) is 3.46. The number of hydroxylamine groups is 1. The second-order valence-corrected chi connectivity index (χ2v) is 6.83. The Hall–Kier alpha value is -2.84. The van der Waals surface area contributed by atoms with Crippen LogP contribution in [0.5, 0.6) is 0 Å². The molecule has 2 aromatic rings. The van der Waals surface area contributed by atoms with Crippen molar-refractivity contribution < 1.29 is 14.8 Å². The van der Waals surface area contributed by atoms with E-state index in [1.807, 2.05) is 30.9 Å². The number of benzene rings is 1. The molecule has 0 bridgehead atoms. The summed E-state index contributed by atoms with van der Waals surface area (Å²) in [6.07, 6.45) is 4.58. The van der Waals surface area contributed by atoms with Crippen molar-refractivity contribution in [1.29, 1.82) is 0 Å². The van der Waals surface area contributed by atoms with Gasteiger partial charge in [-0.25, -0.2) is 10.5 Å². The van der Waals surface area contributed by atoms with Crippen LogP contribution in [0.1, 0.15) is 40.3 Å². The summed E-state index contributed by atoms with van der Waals surface area (Å²) in [5.74, 6) is -0.623. The fourth-order valence-electron chi connectivity index (χ4n) is 3.59. The minimum absolute atomic E-state index is 0.0442. The summed E-state index contributed by atoms with van der Waals surface area (Å²) in [5, 5.41) is 8.68. The van der Waals surface area contributed by atoms with Crippen LogP contribution >= 0.6 is 0 Å². The van der Waals surface area contributed by atoms with Crippen LogP contribution in [0.25, 0.3) is 0 Å². The smallest absolute Gasteiger partial charge is 0.274 e. The first-order chi connectivity index (χ1) is 13.0. The van der Waals surface area contributed by atoms with Gasteiger partial charge >= 0.3 is 0 Å². The summed E-state index contributed by atoms with van der Waals surface area (Å²) in [4.78, 5) is 36.4. The van der Waals surface area contributed by atoms with Gasteiger partial charge in [0.25, 0.3) is 11.8 Å². The summed E-state index contributed by atoms with van der Waals surface area (Å²) < 4.78 is 0. The molecule has 2 heterocycles. The average molecular weight is 369 g/mol. The lowest BCUT2D eigenvalue weighted by molar-refractivity contribution is 0.0263. The number of nitrogens with zero attached hydrogens (tertiary/aromatic N) is 4. The molecular weight excluding hydrogens is 346 g/mol. The van der Waals surface area contributed by atoms with Crippen molar-refractivity contribution in [3.05, 3.63) is 59.7 Å². The number of carbonyl (C=O) groups is 2. The number of aromatic nitrogens is 2. The monoisotopic (exact) mass is 369 g/mol. The van der Waals surface area contributed by atoms with Crippen LogP contribution in [-0.2, 0) is 6.54 Å². The minimum atomic E-state index is -0.528. The fourth-order valence-corrected chi connectivity index (χ4v) is 3.59. The van der Waals surface area contributed by atoms with E-state index in [-0.39, 0.29) is 18.0 Å². The number of hydrogen-bond donors (Lipinski definition) is 2. The zero-order valence-corrected chi connectivity index (χ0v) is 15.4. The van der Waals surface area contributed by atoms with E-state index in [1.54, 1.807) is 23.8 Å². The van der Waals surface area contributed by atoms with Gasteiger partial charge in [-0.05, 0) is 31.5 Å². The van der Waals surface area contributed by atoms with Crippen molar-refractivity contribution in [2.75, 3.05) is 13.1 Å². The Morgan fingerprint density at radius 1 is 1.15 bits per heavy atom. The van der Waals surface area contributed by atoms with Crippen LogP contribution in [0.4, 0.5) is 0 Å². The highest BCUT2D eigenvalue weighted by atomic mass is 16.5. The molecular formula is C19H23N5O3. The lowest BCUT2D eigenvalue weighted by Gasteiger charge is -2.44. The minimum Gasteiger partial charge on any atom is -0.329 e. The number of rotatable bonds is 4. The molecule has 0 saturated carbocycles. The molecule has 1 saturated heterocycles. The molecule has 1 aromatic carbocycles. The molecule has 8 nitrogen and oxygen atoms in total. The SMILES string of the molecule is C[C@@H]1CN(Cc2ccc(C(=O)NO)cc2)C[C@H](C)N1C(=O)c1cnccn1. The standard InChI is InChI=1S/C19H23N5O3/c1-13-10-23(12-15-3-5-16(6-4-15)18(25)22-27)11-14(2)24(13)19(26)17-9-20-7-8-21-17/h3-9,13-14,27H,10-12H2,1-2H3,(H,22,25)/t13-,14+. The van der Waals surface area contributed by atoms with Gasteiger partial charge in [0.2, 0.25) is 0 Å². The van der Waals surface area contributed by atoms with E-state index >= 15 is 0 Å². The zero-order valence-electron chi connectivity index (χ0n) is 15.4. The molecule has 0 unspecified atom stereocenters. The number of amides is 2. The van der Waals surface area contributed by atoms with Crippen LogP contribution in [0.2, 0.25) is 0 Å². The van der Waals surface area contributed by atoms with Crippen molar-refractivity contribution in [2.45, 2.75) is 32.5 Å². The van der Waals surface area contributed by atoms with Crippen molar-refractivity contribution in [2.24, 2.45) is 0 Å². The molecule has 3 rings (SSSR count). The topological polar surface area (TPSA) is 98.7 Å². The molecule has 2 N–H and O–H groups in total. The predicted octanol–water partition coefficient (Wildman–Crippen LogP) is 1.33. The van der Waals surface area contributed by atoms with Crippen molar-refractivity contribution in [1.82, 2.24) is 25.2 Å². The van der Waals surface area contributed by atoms with Gasteiger partial charge in [0.05, 0.1) is 6.20 Å². The summed E-state index contributed by atoms with van der Waals surface area (Å²) in [7, 11) is 0. The van der Waals surface area contributed by atoms with Gasteiger partial charge in [0, 0.05) is 49.7 Å². The Morgan fingerprint density at radius 3 is 2.37 bits per heavy atom. The molecule has 142 valence electrons. The van der Waals surface area contributed by atoms with Gasteiger partial charge in [-0.3, -0.25) is 24.7 Å². The van der Waals surface area contributed by atoms with Gasteiger partial charge in [0.15, 0.2) is 0 Å². The quantitative estimate of drug-likeness (QED) is 0.623. The van der Waals surface area contributed by atoms with E-state index in [9.17, 15) is 9.59 Å². The maximum Gasteiger partial charge on any atom is 0.274 e. The third kappa shape index (κ3) is 4.29. The van der Waals surface area contributed by atoms with E-state index in [2.05, 4.69) is 14.9 Å². The lowest BCUT2D eigenvalue weighted by atomic mass is 10.1. The number of hydrogen-bond acceptors (Lipinski definition) is 6. The maximum atomic E-state index is 12.8. The molecule has 1 aromatic heterocycles. The molecule has 8 heteroatoms. The van der Waals surface area contributed by atoms with E-state index in [4.69, 9.17) is 5.21 Å². The molecule has 0 aliphatic carbocycles. The maximum absolute atomic E-state index is 12.8. The largest absolute Gasteiger partial charge is 0.329 e. The first-order valence-corrected chi connectivity index (χ1v) is 8.84. The van der Waals surface area contributed by atoms with Gasteiger partial charge in [0.1, 0.15) is 5.69 Å². The Morgan fingerprint density at radius 2 is 1.81 bits per heavy atom. The number of nitrogens with one attached hydrogen (secondary N) is 1. The Labute approximate surface area is 157 Å². The van der Waals surface area contributed by atoms with Gasteiger partial charge in [-0.2, -0.15) is 0 Å². The van der Waals surface area contributed by atoms with E-state index < -0.39 is 5.91 Å². The van der Waals surface area contributed by atoms with E-state index in [1.165, 1.54) is 12.4 Å². The fraction of sp³-hybridized carbons (Fsp3) is 0.368. The zero-order chi connectivity index (χ0) is 19.4. The molecule has 1 aliphatic rings. The first kappa shape index (κ1) is 18.9. The third-order valence-electron chi connectivity index (χ3n) is 4.74. The molecule has 2 amide bonds. The van der Waals surface area contributed by atoms with Crippen LogP contribution in [0.15, 0.2) is 42.9 Å². The average Bonchev–Trinajstić information content (AvgIpc) is 2.68. The van der Waals surface area contributed by atoms with Gasteiger partial charge < -0.3 is 4.90 Å². The molecule has 0 radical (unpaired) electrons. The van der Waals surface area contributed by atoms with Crippen LogP contribution in [0.3, 0.4) is 0 Å². The normalized spacial score (nSPS) is 20.3. The van der Waals surface area contributed by atoms with Crippen LogP contribution in [0, 0.1) is 0 Å². The Balaban J connectivity index is 1.65. The molecule has 2 atom stereocenters. The summed E-state index contributed by atoms with van der Waals surface area (Å²) in [6.45, 7) is 6.28. The molecule has 1 fully saturated rings. The van der Waals surface area contributed by atoms with Crippen molar-refractivity contribution in [3.63, 3.8) is 0 Å². The summed E-state index contributed by atoms with van der Waals surface area (Å²) >= 11 is 0. The second-order valence-electron chi connectivity index (χ2n) is 6.83. The Kier molecular flexibility index (Phi) is 5.78. The number of carbonyl (C=O) groups excluding carboxylic acids is 2. The van der Waals surface area contributed by atoms with Gasteiger partial charge in [-0.15, -0.1) is 0 Å². The van der Waals surface area contributed by atoms with Crippen molar-refractivity contribution >= 4 is 11.8 Å². The summed E-state index contributed by atoms with van der Waals surface area (Å²) in [6, 6.07) is 7.20. The molecule has 27 heavy (non-hydrogen) atoms. The first-order valence-electron chi connectivity index (χ1n) is 8.84. The van der Waals surface area contributed by atoms with Crippen LogP contribution in [-0.4, -0.2) is 62.0 Å². The van der Waals surface area contributed by atoms with E-state index in [0.29, 0.717) is 11.3 Å². The van der Waals surface area contributed by atoms with Gasteiger partial charge in [-0.1, -0.05) is 12.1 Å². The lowest BCUT2D eigenvalue weighted by Crippen LogP contribution is -2.58. The van der Waals surface area contributed by atoms with Crippen LogP contribution < -0.4 is 5.48 Å². The highest BCUT2D eigenvalue weighted by molar-refractivity contribution is 5.93. The third-order valence-corrected chi connectivity index (χ3v) is 4.74. The highest BCUT2D eigenvalue weighted by Gasteiger charge is 2.33.